The molecule has 118 valence electrons. The minimum Gasteiger partial charge on any atom is -0.399 e. The Bertz CT molecular complexity index is 654. The van der Waals surface area contributed by atoms with Crippen LogP contribution in [0.2, 0.25) is 0 Å². The topological polar surface area (TPSA) is 60.1 Å². The molecule has 1 amide bonds. The maximum Gasteiger partial charge on any atom is 0.253 e. The van der Waals surface area contributed by atoms with Gasteiger partial charge in [0.1, 0.15) is 0 Å². The molecule has 0 saturated heterocycles. The van der Waals surface area contributed by atoms with Crippen LogP contribution in [0.1, 0.15) is 47.2 Å². The van der Waals surface area contributed by atoms with E-state index in [2.05, 4.69) is 23.7 Å². The van der Waals surface area contributed by atoms with Gasteiger partial charge in [-0.2, -0.15) is 0 Å². The first kappa shape index (κ1) is 16.1. The number of aromatic nitrogens is 1. The molecule has 0 aliphatic carbocycles. The summed E-state index contributed by atoms with van der Waals surface area (Å²) in [5.41, 5.74) is 10.5. The Kier molecular flexibility index (Phi) is 4.91. The summed E-state index contributed by atoms with van der Waals surface area (Å²) >= 11 is 0. The van der Waals surface area contributed by atoms with E-state index < -0.39 is 0 Å². The van der Waals surface area contributed by atoms with Crippen molar-refractivity contribution in [1.82, 2.24) is 9.88 Å². The number of nitrogen functional groups attached to an aromatic ring is 1. The maximum absolute atomic E-state index is 12.4. The Hall–Kier alpha value is -2.23. The smallest absolute Gasteiger partial charge is 0.253 e. The molecular weight excluding hydrogens is 274 g/mol. The monoisotopic (exact) mass is 299 g/mol. The summed E-state index contributed by atoms with van der Waals surface area (Å²) in [4.78, 5) is 12.4. The molecule has 1 aromatic carbocycles. The molecule has 0 unspecified atom stereocenters. The molecule has 0 fully saturated rings. The number of nitrogens with zero attached hydrogens (tertiary/aromatic N) is 1. The Morgan fingerprint density at radius 1 is 1.23 bits per heavy atom. The summed E-state index contributed by atoms with van der Waals surface area (Å²) in [7, 11) is 0. The van der Waals surface area contributed by atoms with Gasteiger partial charge >= 0.3 is 0 Å². The fourth-order valence-electron chi connectivity index (χ4n) is 2.90. The molecule has 4 heteroatoms. The van der Waals surface area contributed by atoms with Gasteiger partial charge in [0.25, 0.3) is 5.91 Å². The van der Waals surface area contributed by atoms with Gasteiger partial charge in [-0.1, -0.05) is 12.1 Å². The minimum absolute atomic E-state index is 0.00422. The third kappa shape index (κ3) is 3.50. The van der Waals surface area contributed by atoms with E-state index in [1.165, 1.54) is 5.56 Å². The first-order valence-corrected chi connectivity index (χ1v) is 7.71. The van der Waals surface area contributed by atoms with E-state index in [1.54, 1.807) is 0 Å². The third-order valence-electron chi connectivity index (χ3n) is 3.92. The van der Waals surface area contributed by atoms with E-state index in [1.807, 2.05) is 44.2 Å². The van der Waals surface area contributed by atoms with Crippen LogP contribution in [0, 0.1) is 13.8 Å². The molecule has 0 aliphatic rings. The summed E-state index contributed by atoms with van der Waals surface area (Å²) < 4.78 is 2.19. The molecular formula is C18H25N3O. The normalized spacial score (nSPS) is 11.0. The zero-order valence-electron chi connectivity index (χ0n) is 13.8. The summed E-state index contributed by atoms with van der Waals surface area (Å²) in [6, 6.07) is 10.1. The van der Waals surface area contributed by atoms with Crippen molar-refractivity contribution >= 4 is 11.6 Å². The van der Waals surface area contributed by atoms with Crippen LogP contribution in [0.15, 0.2) is 30.3 Å². The van der Waals surface area contributed by atoms with E-state index in [-0.39, 0.29) is 5.91 Å². The largest absolute Gasteiger partial charge is 0.399 e. The number of hydrogen-bond donors (Lipinski definition) is 2. The Labute approximate surface area is 132 Å². The average Bonchev–Trinajstić information content (AvgIpc) is 2.76. The summed E-state index contributed by atoms with van der Waals surface area (Å²) in [5.74, 6) is -0.00422. The standard InChI is InChI=1S/C18H25N3O/c1-12(2)21-13(3)11-17(14(21)4)18(22)20-10-9-15-5-7-16(19)8-6-15/h5-8,11-12H,9-10,19H2,1-4H3,(H,20,22). The molecule has 2 rings (SSSR count). The Balaban J connectivity index is 1.98. The van der Waals surface area contributed by atoms with Crippen LogP contribution in [0.3, 0.4) is 0 Å². The highest BCUT2D eigenvalue weighted by Crippen LogP contribution is 2.20. The molecule has 0 saturated carbocycles. The van der Waals surface area contributed by atoms with Crippen molar-refractivity contribution in [3.8, 4) is 0 Å². The fraction of sp³-hybridized carbons (Fsp3) is 0.389. The molecule has 0 radical (unpaired) electrons. The number of anilines is 1. The molecule has 22 heavy (non-hydrogen) atoms. The Morgan fingerprint density at radius 2 is 1.86 bits per heavy atom. The molecule has 1 aromatic heterocycles. The third-order valence-corrected chi connectivity index (χ3v) is 3.92. The maximum atomic E-state index is 12.4. The van der Waals surface area contributed by atoms with Gasteiger partial charge in [0.05, 0.1) is 5.56 Å². The fourth-order valence-corrected chi connectivity index (χ4v) is 2.90. The van der Waals surface area contributed by atoms with Gasteiger partial charge in [0, 0.05) is 29.7 Å². The van der Waals surface area contributed by atoms with Crippen LogP contribution >= 0.6 is 0 Å². The molecule has 3 N–H and O–H groups in total. The zero-order chi connectivity index (χ0) is 16.3. The van der Waals surface area contributed by atoms with E-state index in [0.717, 1.165) is 29.1 Å². The van der Waals surface area contributed by atoms with Crippen LogP contribution in [0.25, 0.3) is 0 Å². The molecule has 0 atom stereocenters. The lowest BCUT2D eigenvalue weighted by Crippen LogP contribution is -2.26. The molecule has 0 bridgehead atoms. The van der Waals surface area contributed by atoms with Crippen molar-refractivity contribution in [2.75, 3.05) is 12.3 Å². The number of rotatable bonds is 5. The van der Waals surface area contributed by atoms with Crippen LogP contribution in [0.4, 0.5) is 5.69 Å². The SMILES string of the molecule is Cc1cc(C(=O)NCCc2ccc(N)cc2)c(C)n1C(C)C. The number of nitrogens with one attached hydrogen (secondary N) is 1. The first-order valence-electron chi connectivity index (χ1n) is 7.71. The van der Waals surface area contributed by atoms with Gasteiger partial charge in [0.2, 0.25) is 0 Å². The van der Waals surface area contributed by atoms with Crippen molar-refractivity contribution in [2.24, 2.45) is 0 Å². The molecule has 2 aromatic rings. The number of hydrogen-bond acceptors (Lipinski definition) is 2. The van der Waals surface area contributed by atoms with Gasteiger partial charge in [0.15, 0.2) is 0 Å². The highest BCUT2D eigenvalue weighted by Gasteiger charge is 2.16. The lowest BCUT2D eigenvalue weighted by atomic mass is 10.1. The van der Waals surface area contributed by atoms with Gasteiger partial charge in [-0.3, -0.25) is 4.79 Å². The summed E-state index contributed by atoms with van der Waals surface area (Å²) in [6.45, 7) is 8.92. The highest BCUT2D eigenvalue weighted by molar-refractivity contribution is 5.95. The van der Waals surface area contributed by atoms with E-state index in [0.29, 0.717) is 12.6 Å². The van der Waals surface area contributed by atoms with Gasteiger partial charge in [-0.05, 0) is 57.9 Å². The number of nitrogens with two attached hydrogens (primary N) is 1. The molecule has 4 nitrogen and oxygen atoms in total. The van der Waals surface area contributed by atoms with E-state index in [4.69, 9.17) is 5.73 Å². The molecule has 1 heterocycles. The van der Waals surface area contributed by atoms with Gasteiger partial charge in [-0.25, -0.2) is 0 Å². The number of amides is 1. The highest BCUT2D eigenvalue weighted by atomic mass is 16.1. The van der Waals surface area contributed by atoms with Gasteiger partial charge in [-0.15, -0.1) is 0 Å². The van der Waals surface area contributed by atoms with Crippen molar-refractivity contribution in [3.63, 3.8) is 0 Å². The predicted octanol–water partition coefficient (Wildman–Crippen LogP) is 3.24. The van der Waals surface area contributed by atoms with Crippen molar-refractivity contribution in [2.45, 2.75) is 40.2 Å². The second-order valence-corrected chi connectivity index (χ2v) is 6.00. The number of carbonyl (C=O) groups excluding carboxylic acids is 1. The van der Waals surface area contributed by atoms with E-state index in [9.17, 15) is 4.79 Å². The quantitative estimate of drug-likeness (QED) is 0.833. The summed E-state index contributed by atoms with van der Waals surface area (Å²) in [5, 5.41) is 3.00. The van der Waals surface area contributed by atoms with Crippen molar-refractivity contribution in [1.29, 1.82) is 0 Å². The van der Waals surface area contributed by atoms with Gasteiger partial charge < -0.3 is 15.6 Å². The first-order chi connectivity index (χ1) is 10.4. The zero-order valence-corrected chi connectivity index (χ0v) is 13.8. The van der Waals surface area contributed by atoms with Crippen LogP contribution in [0.5, 0.6) is 0 Å². The molecule has 0 spiro atoms. The second kappa shape index (κ2) is 6.69. The number of aryl methyl sites for hydroxylation is 1. The number of carbonyl (C=O) groups is 1. The predicted molar refractivity (Wildman–Crippen MR) is 91.2 cm³/mol. The second-order valence-electron chi connectivity index (χ2n) is 6.00. The molecule has 0 aliphatic heterocycles. The lowest BCUT2D eigenvalue weighted by molar-refractivity contribution is 0.0953. The van der Waals surface area contributed by atoms with Crippen molar-refractivity contribution < 1.29 is 4.79 Å². The van der Waals surface area contributed by atoms with Crippen LogP contribution in [-0.2, 0) is 6.42 Å². The van der Waals surface area contributed by atoms with Crippen LogP contribution in [-0.4, -0.2) is 17.0 Å². The minimum atomic E-state index is -0.00422. The lowest BCUT2D eigenvalue weighted by Gasteiger charge is -2.13. The average molecular weight is 299 g/mol. The summed E-state index contributed by atoms with van der Waals surface area (Å²) in [6.07, 6.45) is 0.801. The van der Waals surface area contributed by atoms with Crippen molar-refractivity contribution in [3.05, 3.63) is 52.8 Å². The van der Waals surface area contributed by atoms with Crippen LogP contribution < -0.4 is 11.1 Å². The number of benzene rings is 1. The Morgan fingerprint density at radius 3 is 2.41 bits per heavy atom. The van der Waals surface area contributed by atoms with E-state index >= 15 is 0 Å².